The highest BCUT2D eigenvalue weighted by Crippen LogP contribution is 2.67. The minimum absolute atomic E-state index is 0.0252. The molecule has 8 atom stereocenters. The smallest absolute Gasteiger partial charge is 0.305 e. The Morgan fingerprint density at radius 1 is 0.974 bits per heavy atom. The first-order valence-electron chi connectivity index (χ1n) is 16.8. The molecular formula is C35H60O3. The summed E-state index contributed by atoms with van der Waals surface area (Å²) in [7, 11) is 0. The number of hydrogen-bond acceptors (Lipinski definition) is 3. The molecule has 0 heterocycles. The number of unbranched alkanes of at least 4 members (excludes halogenated alkanes) is 8. The van der Waals surface area contributed by atoms with Gasteiger partial charge in [0.25, 0.3) is 0 Å². The second-order valence-corrected chi connectivity index (χ2v) is 14.4. The number of rotatable bonds is 14. The number of aliphatic hydroxyl groups excluding tert-OH is 1. The summed E-state index contributed by atoms with van der Waals surface area (Å²) in [5.74, 6) is 3.81. The van der Waals surface area contributed by atoms with Crippen LogP contribution in [0.5, 0.6) is 0 Å². The molecule has 4 aliphatic carbocycles. The van der Waals surface area contributed by atoms with Crippen LogP contribution >= 0.6 is 0 Å². The summed E-state index contributed by atoms with van der Waals surface area (Å²) in [4.78, 5) is 12.5. The molecule has 1 N–H and O–H groups in total. The fourth-order valence-electron chi connectivity index (χ4n) is 9.83. The zero-order valence-corrected chi connectivity index (χ0v) is 25.4. The Morgan fingerprint density at radius 2 is 1.68 bits per heavy atom. The quantitative estimate of drug-likeness (QED) is 0.139. The molecule has 3 fully saturated rings. The largest absolute Gasteiger partial charge is 0.466 e. The van der Waals surface area contributed by atoms with Crippen LogP contribution in [0.2, 0.25) is 0 Å². The van der Waals surface area contributed by atoms with Gasteiger partial charge in [0.2, 0.25) is 0 Å². The van der Waals surface area contributed by atoms with Gasteiger partial charge in [-0.2, -0.15) is 0 Å². The molecule has 0 aliphatic heterocycles. The van der Waals surface area contributed by atoms with Crippen LogP contribution in [-0.4, -0.2) is 23.8 Å². The van der Waals surface area contributed by atoms with Crippen molar-refractivity contribution in [2.75, 3.05) is 6.61 Å². The summed E-state index contributed by atoms with van der Waals surface area (Å²) in [6.45, 7) is 10.4. The molecule has 0 unspecified atom stereocenters. The number of allylic oxidation sites excluding steroid dienone is 1. The molecule has 0 spiro atoms. The van der Waals surface area contributed by atoms with Crippen molar-refractivity contribution in [3.8, 4) is 0 Å². The number of carbonyl (C=O) groups excluding carboxylic acids is 1. The number of ether oxygens (including phenoxy) is 1. The lowest BCUT2D eigenvalue weighted by Gasteiger charge is -2.58. The van der Waals surface area contributed by atoms with E-state index in [1.165, 1.54) is 89.9 Å². The van der Waals surface area contributed by atoms with Crippen molar-refractivity contribution in [3.63, 3.8) is 0 Å². The van der Waals surface area contributed by atoms with Crippen LogP contribution in [0.1, 0.15) is 150 Å². The van der Waals surface area contributed by atoms with E-state index in [1.807, 2.05) is 0 Å². The second kappa shape index (κ2) is 13.7. The standard InChI is InChI=1S/C35H60O3/c1-5-6-7-8-9-10-11-12-13-24-38-33(37)19-14-26(2)30-17-18-31-29-16-15-27-25-28(36)20-22-34(27,3)32(29)21-23-35(30,31)4/h15,26,28-32,36H,5-14,16-25H2,1-4H3/t26-,28+,29+,30-,31+,32+,34+,35-/m1/s1. The molecule has 0 aromatic carbocycles. The van der Waals surface area contributed by atoms with Gasteiger partial charge in [0, 0.05) is 6.42 Å². The van der Waals surface area contributed by atoms with Crippen molar-refractivity contribution in [3.05, 3.63) is 11.6 Å². The Hall–Kier alpha value is -0.830. The number of esters is 1. The normalized spacial score (nSPS) is 37.1. The summed E-state index contributed by atoms with van der Waals surface area (Å²) >= 11 is 0. The summed E-state index contributed by atoms with van der Waals surface area (Å²) in [5.41, 5.74) is 2.33. The third-order valence-electron chi connectivity index (χ3n) is 12.2. The van der Waals surface area contributed by atoms with Gasteiger partial charge >= 0.3 is 5.97 Å². The van der Waals surface area contributed by atoms with E-state index >= 15 is 0 Å². The zero-order valence-electron chi connectivity index (χ0n) is 25.4. The molecule has 4 aliphatic rings. The Morgan fingerprint density at radius 3 is 2.42 bits per heavy atom. The monoisotopic (exact) mass is 528 g/mol. The molecule has 0 saturated heterocycles. The SMILES string of the molecule is CCCCCCCCCCCOC(=O)CC[C@@H](C)[C@H]1CC[C@H]2[C@@H]3CC=C4C[C@@H](O)CC[C@]4(C)[C@H]3CC[C@]12C. The maximum absolute atomic E-state index is 12.5. The minimum atomic E-state index is -0.117. The van der Waals surface area contributed by atoms with Gasteiger partial charge in [-0.3, -0.25) is 4.79 Å². The van der Waals surface area contributed by atoms with Crippen LogP contribution in [0.25, 0.3) is 0 Å². The zero-order chi connectivity index (χ0) is 27.2. The van der Waals surface area contributed by atoms with E-state index in [0.717, 1.165) is 49.4 Å². The third kappa shape index (κ3) is 6.72. The molecule has 218 valence electrons. The van der Waals surface area contributed by atoms with Crippen molar-refractivity contribution < 1.29 is 14.6 Å². The van der Waals surface area contributed by atoms with Crippen LogP contribution in [0.4, 0.5) is 0 Å². The van der Waals surface area contributed by atoms with Gasteiger partial charge in [-0.1, -0.05) is 90.7 Å². The molecular weight excluding hydrogens is 468 g/mol. The van der Waals surface area contributed by atoms with E-state index in [9.17, 15) is 9.90 Å². The fourth-order valence-corrected chi connectivity index (χ4v) is 9.83. The van der Waals surface area contributed by atoms with Crippen molar-refractivity contribution >= 4 is 5.97 Å². The minimum Gasteiger partial charge on any atom is -0.466 e. The maximum Gasteiger partial charge on any atom is 0.305 e. The van der Waals surface area contributed by atoms with Gasteiger partial charge in [-0.15, -0.1) is 0 Å². The Bertz CT molecular complexity index is 788. The summed E-state index contributed by atoms with van der Waals surface area (Å²) in [6, 6.07) is 0. The van der Waals surface area contributed by atoms with Gasteiger partial charge in [0.15, 0.2) is 0 Å². The topological polar surface area (TPSA) is 46.5 Å². The number of fused-ring (bicyclic) bond motifs is 5. The van der Waals surface area contributed by atoms with Crippen LogP contribution in [0, 0.1) is 40.4 Å². The Kier molecular flexibility index (Phi) is 10.9. The Labute approximate surface area is 235 Å². The van der Waals surface area contributed by atoms with E-state index in [4.69, 9.17) is 4.74 Å². The van der Waals surface area contributed by atoms with E-state index in [0.29, 0.717) is 29.8 Å². The van der Waals surface area contributed by atoms with E-state index in [2.05, 4.69) is 33.8 Å². The maximum atomic E-state index is 12.5. The summed E-state index contributed by atoms with van der Waals surface area (Å²) < 4.78 is 5.62. The lowest BCUT2D eigenvalue weighted by Crippen LogP contribution is -2.50. The van der Waals surface area contributed by atoms with Gasteiger partial charge in [0.1, 0.15) is 0 Å². The van der Waals surface area contributed by atoms with Crippen LogP contribution < -0.4 is 0 Å². The highest BCUT2D eigenvalue weighted by molar-refractivity contribution is 5.69. The summed E-state index contributed by atoms with van der Waals surface area (Å²) in [6.07, 6.45) is 25.4. The van der Waals surface area contributed by atoms with E-state index < -0.39 is 0 Å². The van der Waals surface area contributed by atoms with Crippen LogP contribution in [0.15, 0.2) is 11.6 Å². The fraction of sp³-hybridized carbons (Fsp3) is 0.914. The first-order valence-corrected chi connectivity index (χ1v) is 16.8. The predicted molar refractivity (Wildman–Crippen MR) is 158 cm³/mol. The lowest BCUT2D eigenvalue weighted by molar-refractivity contribution is -0.144. The highest BCUT2D eigenvalue weighted by Gasteiger charge is 2.59. The van der Waals surface area contributed by atoms with E-state index in [1.54, 1.807) is 5.57 Å². The van der Waals surface area contributed by atoms with Crippen molar-refractivity contribution in [2.45, 2.75) is 156 Å². The molecule has 3 saturated carbocycles. The van der Waals surface area contributed by atoms with Crippen molar-refractivity contribution in [1.82, 2.24) is 0 Å². The molecule has 0 bridgehead atoms. The highest BCUT2D eigenvalue weighted by atomic mass is 16.5. The number of carbonyl (C=O) groups is 1. The van der Waals surface area contributed by atoms with Crippen LogP contribution in [-0.2, 0) is 9.53 Å². The predicted octanol–water partition coefficient (Wildman–Crippen LogP) is 9.42. The molecule has 0 aromatic rings. The number of hydrogen-bond donors (Lipinski definition) is 1. The molecule has 4 rings (SSSR count). The lowest BCUT2D eigenvalue weighted by atomic mass is 9.47. The van der Waals surface area contributed by atoms with Gasteiger partial charge < -0.3 is 9.84 Å². The van der Waals surface area contributed by atoms with Crippen molar-refractivity contribution in [1.29, 1.82) is 0 Å². The van der Waals surface area contributed by atoms with Gasteiger partial charge in [0.05, 0.1) is 12.7 Å². The molecule has 38 heavy (non-hydrogen) atoms. The van der Waals surface area contributed by atoms with Gasteiger partial charge in [-0.25, -0.2) is 0 Å². The second-order valence-electron chi connectivity index (χ2n) is 14.4. The molecule has 3 nitrogen and oxygen atoms in total. The van der Waals surface area contributed by atoms with Gasteiger partial charge in [-0.05, 0) is 105 Å². The Balaban J connectivity index is 1.18. The molecule has 3 heteroatoms. The first kappa shape index (κ1) is 30.1. The summed E-state index contributed by atoms with van der Waals surface area (Å²) in [5, 5.41) is 10.3. The van der Waals surface area contributed by atoms with Crippen molar-refractivity contribution in [2.24, 2.45) is 40.4 Å². The van der Waals surface area contributed by atoms with Crippen LogP contribution in [0.3, 0.4) is 0 Å². The first-order chi connectivity index (χ1) is 18.3. The molecule has 0 radical (unpaired) electrons. The third-order valence-corrected chi connectivity index (χ3v) is 12.2. The number of aliphatic hydroxyl groups is 1. The average Bonchev–Trinajstić information content (AvgIpc) is 3.26. The molecule has 0 amide bonds. The molecule has 0 aromatic heterocycles. The van der Waals surface area contributed by atoms with E-state index in [-0.39, 0.29) is 12.1 Å². The average molecular weight is 529 g/mol.